The van der Waals surface area contributed by atoms with Gasteiger partial charge in [0, 0.05) is 36.9 Å². The van der Waals surface area contributed by atoms with E-state index in [9.17, 15) is 4.79 Å². The van der Waals surface area contributed by atoms with Gasteiger partial charge in [-0.2, -0.15) is 0 Å². The Kier molecular flexibility index (Phi) is 6.26. The molecule has 1 aromatic heterocycles. The summed E-state index contributed by atoms with van der Waals surface area (Å²) < 4.78 is 5.35. The van der Waals surface area contributed by atoms with Crippen LogP contribution in [0.1, 0.15) is 16.7 Å². The molecule has 1 aromatic carbocycles. The molecule has 0 aliphatic carbocycles. The lowest BCUT2D eigenvalue weighted by Gasteiger charge is -2.27. The summed E-state index contributed by atoms with van der Waals surface area (Å²) in [5, 5.41) is 3.56. The maximum Gasteiger partial charge on any atom is 0.244 e. The number of hydrogen-bond acceptors (Lipinski definition) is 4. The van der Waals surface area contributed by atoms with E-state index in [1.54, 1.807) is 12.3 Å². The van der Waals surface area contributed by atoms with E-state index >= 15 is 0 Å². The highest BCUT2D eigenvalue weighted by molar-refractivity contribution is 6.31. The van der Waals surface area contributed by atoms with Crippen molar-refractivity contribution >= 4 is 29.4 Å². The number of morpholine rings is 1. The van der Waals surface area contributed by atoms with Crippen LogP contribution in [0.5, 0.6) is 0 Å². The van der Waals surface area contributed by atoms with E-state index in [0.717, 1.165) is 48.8 Å². The molecule has 0 radical (unpaired) electrons. The molecular weight excluding hydrogens is 350 g/mol. The smallest absolute Gasteiger partial charge is 0.244 e. The molecule has 2 heterocycles. The molecule has 3 rings (SSSR count). The number of amides is 1. The lowest BCUT2D eigenvalue weighted by atomic mass is 10.1. The largest absolute Gasteiger partial charge is 0.378 e. The lowest BCUT2D eigenvalue weighted by Crippen LogP contribution is -2.36. The number of ether oxygens (including phenoxy) is 1. The summed E-state index contributed by atoms with van der Waals surface area (Å²) in [7, 11) is 0. The number of carbonyl (C=O) groups is 1. The number of nitrogens with one attached hydrogen (secondary N) is 1. The zero-order chi connectivity index (χ0) is 18.4. The third-order valence-corrected chi connectivity index (χ3v) is 4.64. The Hall–Kier alpha value is -2.37. The molecule has 1 aliphatic heterocycles. The molecule has 2 aromatic rings. The lowest BCUT2D eigenvalue weighted by molar-refractivity contribution is -0.116. The number of aryl methyl sites for hydroxylation is 1. The molecule has 26 heavy (non-hydrogen) atoms. The molecule has 136 valence electrons. The molecule has 5 nitrogen and oxygen atoms in total. The first-order chi connectivity index (χ1) is 12.6. The van der Waals surface area contributed by atoms with Gasteiger partial charge in [0.05, 0.1) is 13.2 Å². The quantitative estimate of drug-likeness (QED) is 0.820. The van der Waals surface area contributed by atoms with Crippen LogP contribution < -0.4 is 10.2 Å². The van der Waals surface area contributed by atoms with Gasteiger partial charge >= 0.3 is 0 Å². The average Bonchev–Trinajstić information content (AvgIpc) is 2.68. The summed E-state index contributed by atoms with van der Waals surface area (Å²) in [5.41, 5.74) is 2.87. The van der Waals surface area contributed by atoms with Crippen molar-refractivity contribution in [3.05, 3.63) is 64.3 Å². The number of pyridine rings is 1. The first-order valence-electron chi connectivity index (χ1n) is 8.61. The summed E-state index contributed by atoms with van der Waals surface area (Å²) in [4.78, 5) is 18.7. The highest BCUT2D eigenvalue weighted by atomic mass is 35.5. The van der Waals surface area contributed by atoms with Crippen LogP contribution in [0, 0.1) is 6.92 Å². The Morgan fingerprint density at radius 1 is 1.31 bits per heavy atom. The van der Waals surface area contributed by atoms with Crippen LogP contribution in [-0.4, -0.2) is 37.2 Å². The van der Waals surface area contributed by atoms with Crippen LogP contribution in [0.4, 0.5) is 5.82 Å². The van der Waals surface area contributed by atoms with Crippen molar-refractivity contribution in [3.8, 4) is 0 Å². The summed E-state index contributed by atoms with van der Waals surface area (Å²) in [5.74, 6) is 0.790. The number of halogens is 1. The van der Waals surface area contributed by atoms with E-state index < -0.39 is 0 Å². The van der Waals surface area contributed by atoms with Crippen LogP contribution in [0.2, 0.25) is 5.02 Å². The highest BCUT2D eigenvalue weighted by Crippen LogP contribution is 2.17. The molecule has 1 amide bonds. The maximum atomic E-state index is 12.0. The van der Waals surface area contributed by atoms with E-state index in [1.165, 1.54) is 6.08 Å². The Balaban J connectivity index is 1.50. The van der Waals surface area contributed by atoms with Gasteiger partial charge in [0.1, 0.15) is 5.82 Å². The minimum atomic E-state index is -0.154. The van der Waals surface area contributed by atoms with Gasteiger partial charge in [0.2, 0.25) is 5.91 Å². The molecule has 1 aliphatic rings. The number of anilines is 1. The number of nitrogens with zero attached hydrogens (tertiary/aromatic N) is 2. The second-order valence-corrected chi connectivity index (χ2v) is 6.59. The van der Waals surface area contributed by atoms with Gasteiger partial charge in [-0.3, -0.25) is 4.79 Å². The van der Waals surface area contributed by atoms with E-state index in [0.29, 0.717) is 11.6 Å². The predicted molar refractivity (Wildman–Crippen MR) is 104 cm³/mol. The summed E-state index contributed by atoms with van der Waals surface area (Å²) >= 11 is 6.09. The molecule has 6 heteroatoms. The first-order valence-corrected chi connectivity index (χ1v) is 8.99. The van der Waals surface area contributed by atoms with Crippen molar-refractivity contribution in [2.45, 2.75) is 13.5 Å². The second-order valence-electron chi connectivity index (χ2n) is 6.18. The van der Waals surface area contributed by atoms with Crippen LogP contribution in [0.15, 0.2) is 42.6 Å². The average molecular weight is 372 g/mol. The van der Waals surface area contributed by atoms with Gasteiger partial charge in [0.15, 0.2) is 0 Å². The first kappa shape index (κ1) is 18.4. The molecule has 0 bridgehead atoms. The van der Waals surface area contributed by atoms with Crippen molar-refractivity contribution in [3.63, 3.8) is 0 Å². The zero-order valence-electron chi connectivity index (χ0n) is 14.7. The molecule has 0 atom stereocenters. The number of hydrogen-bond donors (Lipinski definition) is 1. The SMILES string of the molecule is Cc1ccc(C=CC(=O)NCc2ccc(N3CCOCC3)nc2)cc1Cl. The van der Waals surface area contributed by atoms with Crippen molar-refractivity contribution in [1.82, 2.24) is 10.3 Å². The van der Waals surface area contributed by atoms with Gasteiger partial charge in [-0.05, 0) is 41.8 Å². The van der Waals surface area contributed by atoms with E-state index in [-0.39, 0.29) is 5.91 Å². The van der Waals surface area contributed by atoms with Gasteiger partial charge in [0.25, 0.3) is 0 Å². The minimum absolute atomic E-state index is 0.154. The summed E-state index contributed by atoms with van der Waals surface area (Å²) in [6.45, 7) is 5.57. The van der Waals surface area contributed by atoms with Gasteiger partial charge in [-0.25, -0.2) is 4.98 Å². The summed E-state index contributed by atoms with van der Waals surface area (Å²) in [6.07, 6.45) is 5.06. The highest BCUT2D eigenvalue weighted by Gasteiger charge is 2.11. The van der Waals surface area contributed by atoms with E-state index in [4.69, 9.17) is 16.3 Å². The predicted octanol–water partition coefficient (Wildman–Crippen LogP) is 3.21. The molecule has 1 saturated heterocycles. The number of rotatable bonds is 5. The fourth-order valence-electron chi connectivity index (χ4n) is 2.63. The van der Waals surface area contributed by atoms with Crippen LogP contribution >= 0.6 is 11.6 Å². The van der Waals surface area contributed by atoms with Crippen LogP contribution in [0.25, 0.3) is 6.08 Å². The van der Waals surface area contributed by atoms with Gasteiger partial charge in [-0.1, -0.05) is 29.8 Å². The molecule has 1 N–H and O–H groups in total. The Morgan fingerprint density at radius 2 is 2.12 bits per heavy atom. The van der Waals surface area contributed by atoms with Gasteiger partial charge < -0.3 is 15.0 Å². The van der Waals surface area contributed by atoms with Crippen molar-refractivity contribution in [1.29, 1.82) is 0 Å². The Morgan fingerprint density at radius 3 is 2.81 bits per heavy atom. The zero-order valence-corrected chi connectivity index (χ0v) is 15.5. The minimum Gasteiger partial charge on any atom is -0.378 e. The van der Waals surface area contributed by atoms with Crippen molar-refractivity contribution in [2.75, 3.05) is 31.2 Å². The fourth-order valence-corrected chi connectivity index (χ4v) is 2.82. The molecule has 0 spiro atoms. The maximum absolute atomic E-state index is 12.0. The van der Waals surface area contributed by atoms with Gasteiger partial charge in [-0.15, -0.1) is 0 Å². The fraction of sp³-hybridized carbons (Fsp3) is 0.300. The standard InChI is InChI=1S/C20H22ClN3O2/c1-15-2-3-16(12-18(15)21)5-7-20(25)23-14-17-4-6-19(22-13-17)24-8-10-26-11-9-24/h2-7,12-13H,8-11,14H2,1H3,(H,23,25). The number of carbonyl (C=O) groups excluding carboxylic acids is 1. The monoisotopic (exact) mass is 371 g/mol. The third kappa shape index (κ3) is 5.07. The molecule has 1 fully saturated rings. The second kappa shape index (κ2) is 8.83. The molecule has 0 unspecified atom stereocenters. The molecular formula is C20H22ClN3O2. The topological polar surface area (TPSA) is 54.5 Å². The summed E-state index contributed by atoms with van der Waals surface area (Å²) in [6, 6.07) is 9.67. The van der Waals surface area contributed by atoms with Crippen LogP contribution in [-0.2, 0) is 16.1 Å². The van der Waals surface area contributed by atoms with E-state index in [1.807, 2.05) is 37.3 Å². The van der Waals surface area contributed by atoms with Crippen molar-refractivity contribution in [2.24, 2.45) is 0 Å². The normalized spacial score (nSPS) is 14.6. The van der Waals surface area contributed by atoms with Crippen molar-refractivity contribution < 1.29 is 9.53 Å². The van der Waals surface area contributed by atoms with Crippen LogP contribution in [0.3, 0.4) is 0 Å². The third-order valence-electron chi connectivity index (χ3n) is 4.23. The Labute approximate surface area is 158 Å². The van der Waals surface area contributed by atoms with E-state index in [2.05, 4.69) is 15.2 Å². The number of benzene rings is 1. The molecule has 0 saturated carbocycles. The Bertz CT molecular complexity index is 784. The number of aromatic nitrogens is 1.